The number of rotatable bonds is 4. The van der Waals surface area contributed by atoms with Crippen LogP contribution in [0.15, 0.2) is 0 Å². The van der Waals surface area contributed by atoms with Gasteiger partial charge in [-0.2, -0.15) is 4.90 Å². The number of aromatic hydroxyl groups is 2. The molecular formula is C19H27NO12. The Morgan fingerprint density at radius 2 is 1.41 bits per heavy atom. The van der Waals surface area contributed by atoms with Crippen LogP contribution in [-0.2, 0) is 16.3 Å². The predicted molar refractivity (Wildman–Crippen MR) is 102 cm³/mol. The lowest BCUT2D eigenvalue weighted by molar-refractivity contribution is -0.525. The van der Waals surface area contributed by atoms with E-state index < -0.39 is 75.6 Å². The highest BCUT2D eigenvalue weighted by Crippen LogP contribution is 2.63. The SMILES string of the molecule is COc1c(O)c2c(c(O)c1OC)C(O)(O)C(O)(O)N1C2(O)CC(=O)C(CC(C)C)C1(O)O. The number of nitrogens with zero attached hydrogens (tertiary/aromatic N) is 1. The number of hydrogen-bond acceptors (Lipinski definition) is 13. The van der Waals surface area contributed by atoms with Crippen molar-refractivity contribution in [3.63, 3.8) is 0 Å². The van der Waals surface area contributed by atoms with Crippen molar-refractivity contribution in [2.45, 2.75) is 50.0 Å². The van der Waals surface area contributed by atoms with E-state index in [0.717, 1.165) is 14.2 Å². The zero-order chi connectivity index (χ0) is 24.6. The van der Waals surface area contributed by atoms with Gasteiger partial charge in [0.15, 0.2) is 17.2 Å². The van der Waals surface area contributed by atoms with Gasteiger partial charge in [-0.05, 0) is 12.3 Å². The van der Waals surface area contributed by atoms with Crippen LogP contribution in [0.25, 0.3) is 0 Å². The summed E-state index contributed by atoms with van der Waals surface area (Å²) in [7, 11) is 2.05. The summed E-state index contributed by atoms with van der Waals surface area (Å²) in [5.41, 5.74) is -5.43. The monoisotopic (exact) mass is 461 g/mol. The minimum Gasteiger partial charge on any atom is -0.504 e. The van der Waals surface area contributed by atoms with E-state index in [1.165, 1.54) is 0 Å². The van der Waals surface area contributed by atoms with Crippen LogP contribution in [0.1, 0.15) is 37.8 Å². The first kappa shape index (κ1) is 24.4. The van der Waals surface area contributed by atoms with Gasteiger partial charge in [0.1, 0.15) is 5.78 Å². The van der Waals surface area contributed by atoms with Gasteiger partial charge in [-0.3, -0.25) is 4.79 Å². The maximum absolute atomic E-state index is 12.9. The summed E-state index contributed by atoms with van der Waals surface area (Å²) in [5.74, 6) is -18.1. The molecule has 13 heteroatoms. The molecule has 2 atom stereocenters. The van der Waals surface area contributed by atoms with Crippen LogP contribution in [0, 0.1) is 11.8 Å². The Morgan fingerprint density at radius 3 is 1.84 bits per heavy atom. The molecule has 0 radical (unpaired) electrons. The third-order valence-corrected chi connectivity index (χ3v) is 5.98. The number of aliphatic hydroxyl groups is 7. The fourth-order valence-corrected chi connectivity index (χ4v) is 4.65. The number of phenols is 2. The van der Waals surface area contributed by atoms with E-state index >= 15 is 0 Å². The lowest BCUT2D eigenvalue weighted by Crippen LogP contribution is -2.82. The van der Waals surface area contributed by atoms with Gasteiger partial charge in [0.05, 0.1) is 37.7 Å². The van der Waals surface area contributed by atoms with E-state index in [-0.39, 0.29) is 17.2 Å². The number of carbonyl (C=O) groups excluding carboxylic acids is 1. The standard InChI is InChI=1S/C19H27NO12/c1-7(2)5-8-9(21)6-16(24)10-11(13(23)15(32-4)14(31-3)12(10)22)17(25,26)19(29,30)20(16)18(8,27)28/h7-8,22-30H,5-6H2,1-4H3. The number of ketones is 1. The smallest absolute Gasteiger partial charge is 0.293 e. The van der Waals surface area contributed by atoms with Crippen molar-refractivity contribution in [3.8, 4) is 23.0 Å². The molecule has 1 aromatic rings. The number of piperidine rings is 1. The first-order valence-corrected chi connectivity index (χ1v) is 9.62. The molecule has 3 rings (SSSR count). The van der Waals surface area contributed by atoms with Crippen LogP contribution in [0.4, 0.5) is 0 Å². The number of ether oxygens (including phenoxy) is 2. The molecule has 0 aliphatic carbocycles. The summed E-state index contributed by atoms with van der Waals surface area (Å²) < 4.78 is 9.83. The Morgan fingerprint density at radius 1 is 0.938 bits per heavy atom. The van der Waals surface area contributed by atoms with Gasteiger partial charge in [0.2, 0.25) is 17.4 Å². The Kier molecular flexibility index (Phi) is 5.44. The fraction of sp³-hybridized carbons (Fsp3) is 0.632. The van der Waals surface area contributed by atoms with E-state index in [9.17, 15) is 50.8 Å². The van der Waals surface area contributed by atoms with Gasteiger partial charge < -0.3 is 55.4 Å². The molecule has 180 valence electrons. The Hall–Kier alpha value is -2.23. The summed E-state index contributed by atoms with van der Waals surface area (Å²) in [4.78, 5) is 12.6. The molecule has 1 aromatic carbocycles. The molecule has 2 heterocycles. The highest BCUT2D eigenvalue weighted by Gasteiger charge is 2.76. The summed E-state index contributed by atoms with van der Waals surface area (Å²) >= 11 is 0. The summed E-state index contributed by atoms with van der Waals surface area (Å²) in [6.07, 6.45) is -1.24. The van der Waals surface area contributed by atoms with Crippen LogP contribution in [0.5, 0.6) is 23.0 Å². The highest BCUT2D eigenvalue weighted by atomic mass is 16.6. The van der Waals surface area contributed by atoms with Crippen LogP contribution >= 0.6 is 0 Å². The largest absolute Gasteiger partial charge is 0.504 e. The van der Waals surface area contributed by atoms with Crippen LogP contribution in [-0.4, -0.2) is 82.7 Å². The van der Waals surface area contributed by atoms with Crippen LogP contribution in [0.2, 0.25) is 0 Å². The van der Waals surface area contributed by atoms with E-state index in [2.05, 4.69) is 0 Å². The van der Waals surface area contributed by atoms with Gasteiger partial charge in [-0.25, -0.2) is 0 Å². The second-order valence-electron chi connectivity index (χ2n) is 8.49. The molecule has 2 aliphatic rings. The molecule has 2 unspecified atom stereocenters. The van der Waals surface area contributed by atoms with Crippen molar-refractivity contribution in [1.82, 2.24) is 4.90 Å². The lowest BCUT2D eigenvalue weighted by atomic mass is 9.72. The van der Waals surface area contributed by atoms with Crippen molar-refractivity contribution in [1.29, 1.82) is 0 Å². The maximum atomic E-state index is 12.9. The van der Waals surface area contributed by atoms with Gasteiger partial charge in [-0.15, -0.1) is 0 Å². The first-order chi connectivity index (χ1) is 14.5. The summed E-state index contributed by atoms with van der Waals surface area (Å²) in [5, 5.41) is 97.3. The van der Waals surface area contributed by atoms with Crippen molar-refractivity contribution >= 4 is 5.78 Å². The van der Waals surface area contributed by atoms with Crippen molar-refractivity contribution in [2.24, 2.45) is 11.8 Å². The van der Waals surface area contributed by atoms with Crippen molar-refractivity contribution in [3.05, 3.63) is 11.1 Å². The van der Waals surface area contributed by atoms with Crippen LogP contribution < -0.4 is 9.47 Å². The lowest BCUT2D eigenvalue weighted by Gasteiger charge is -2.61. The van der Waals surface area contributed by atoms with E-state index in [0.29, 0.717) is 0 Å². The third-order valence-electron chi connectivity index (χ3n) is 5.98. The number of carbonyl (C=O) groups is 1. The number of fused-ring (bicyclic) bond motifs is 3. The molecule has 2 aliphatic heterocycles. The van der Waals surface area contributed by atoms with Crippen molar-refractivity contribution in [2.75, 3.05) is 14.2 Å². The first-order valence-electron chi connectivity index (χ1n) is 9.62. The van der Waals surface area contributed by atoms with Crippen LogP contribution in [0.3, 0.4) is 0 Å². The third kappa shape index (κ3) is 2.84. The molecule has 9 N–H and O–H groups in total. The molecule has 1 fully saturated rings. The molecule has 0 bridgehead atoms. The van der Waals surface area contributed by atoms with E-state index in [1.807, 2.05) is 0 Å². The molecule has 32 heavy (non-hydrogen) atoms. The zero-order valence-corrected chi connectivity index (χ0v) is 17.8. The summed E-state index contributed by atoms with van der Waals surface area (Å²) in [6.45, 7) is 3.29. The minimum absolute atomic E-state index is 0.186. The second kappa shape index (κ2) is 7.13. The molecule has 0 spiro atoms. The Balaban J connectivity index is 2.47. The number of methoxy groups -OCH3 is 2. The normalized spacial score (nSPS) is 28.2. The van der Waals surface area contributed by atoms with Gasteiger partial charge in [0, 0.05) is 0 Å². The topological polar surface area (TPSA) is 221 Å². The fourth-order valence-electron chi connectivity index (χ4n) is 4.65. The average molecular weight is 461 g/mol. The zero-order valence-electron chi connectivity index (χ0n) is 17.8. The number of hydrogen-bond donors (Lipinski definition) is 9. The Bertz CT molecular complexity index is 956. The molecule has 13 nitrogen and oxygen atoms in total. The number of Topliss-reactive ketones (excluding diaryl/α,β-unsaturated/α-hetero) is 1. The van der Waals surface area contributed by atoms with E-state index in [1.54, 1.807) is 13.8 Å². The molecule has 1 saturated heterocycles. The predicted octanol–water partition coefficient (Wildman–Crippen LogP) is -2.37. The van der Waals surface area contributed by atoms with Gasteiger partial charge in [0.25, 0.3) is 11.7 Å². The highest BCUT2D eigenvalue weighted by molar-refractivity contribution is 5.85. The van der Waals surface area contributed by atoms with Crippen molar-refractivity contribution < 1.29 is 60.2 Å². The number of phenolic OH excluding ortho intramolecular Hbond substituents is 2. The average Bonchev–Trinajstić information content (AvgIpc) is 2.63. The second-order valence-corrected chi connectivity index (χ2v) is 8.49. The van der Waals surface area contributed by atoms with E-state index in [4.69, 9.17) is 9.47 Å². The molecular weight excluding hydrogens is 434 g/mol. The molecule has 0 saturated carbocycles. The number of benzene rings is 1. The molecule has 0 aromatic heterocycles. The quantitative estimate of drug-likeness (QED) is 0.169. The van der Waals surface area contributed by atoms with Gasteiger partial charge in [-0.1, -0.05) is 13.8 Å². The van der Waals surface area contributed by atoms with Gasteiger partial charge >= 0.3 is 0 Å². The maximum Gasteiger partial charge on any atom is 0.293 e. The Labute approximate surface area is 181 Å². The molecule has 0 amide bonds. The summed E-state index contributed by atoms with van der Waals surface area (Å²) in [6, 6.07) is 0. The minimum atomic E-state index is -4.10.